The highest BCUT2D eigenvalue weighted by Crippen LogP contribution is 2.18. The van der Waals surface area contributed by atoms with Crippen molar-refractivity contribution in [2.24, 2.45) is 0 Å². The highest BCUT2D eigenvalue weighted by atomic mass is 16.2. The summed E-state index contributed by atoms with van der Waals surface area (Å²) in [5.41, 5.74) is 2.50. The normalized spacial score (nSPS) is 13.8. The molecule has 0 unspecified atom stereocenters. The van der Waals surface area contributed by atoms with Crippen molar-refractivity contribution in [2.45, 2.75) is 31.7 Å². The van der Waals surface area contributed by atoms with Gasteiger partial charge < -0.3 is 10.6 Å². The molecule has 1 fully saturated rings. The topological polar surface area (TPSA) is 54.0 Å². The van der Waals surface area contributed by atoms with Crippen molar-refractivity contribution in [1.82, 2.24) is 10.3 Å². The molecule has 0 atom stereocenters. The minimum Gasteiger partial charge on any atom is -0.310 e. The van der Waals surface area contributed by atoms with E-state index in [4.69, 9.17) is 0 Å². The number of nitrogens with one attached hydrogen (secondary N) is 2. The Morgan fingerprint density at radius 2 is 1.86 bits per heavy atom. The van der Waals surface area contributed by atoms with E-state index in [-0.39, 0.29) is 5.91 Å². The van der Waals surface area contributed by atoms with Gasteiger partial charge in [-0.25, -0.2) is 4.98 Å². The van der Waals surface area contributed by atoms with Crippen LogP contribution in [0.25, 0.3) is 0 Å². The average Bonchev–Trinajstić information content (AvgIpc) is 3.37. The zero-order chi connectivity index (χ0) is 15.2. The number of amides is 1. The largest absolute Gasteiger partial charge is 0.310 e. The third kappa shape index (κ3) is 4.67. The molecule has 0 radical (unpaired) electrons. The van der Waals surface area contributed by atoms with E-state index in [1.807, 2.05) is 18.2 Å². The Bertz CT molecular complexity index is 623. The van der Waals surface area contributed by atoms with Gasteiger partial charge >= 0.3 is 0 Å². The molecule has 1 aliphatic carbocycles. The Balaban J connectivity index is 1.51. The van der Waals surface area contributed by atoms with Crippen LogP contribution in [0.2, 0.25) is 0 Å². The first-order valence-corrected chi connectivity index (χ1v) is 7.82. The van der Waals surface area contributed by atoms with Crippen LogP contribution in [0.5, 0.6) is 0 Å². The second-order valence-electron chi connectivity index (χ2n) is 5.74. The zero-order valence-corrected chi connectivity index (χ0v) is 12.6. The molecule has 0 spiro atoms. The van der Waals surface area contributed by atoms with Gasteiger partial charge in [-0.2, -0.15) is 0 Å². The molecule has 2 N–H and O–H groups in total. The maximum absolute atomic E-state index is 11.8. The number of benzene rings is 1. The van der Waals surface area contributed by atoms with Gasteiger partial charge in [0.2, 0.25) is 5.91 Å². The molecule has 0 aliphatic heterocycles. The molecule has 4 nitrogen and oxygen atoms in total. The van der Waals surface area contributed by atoms with E-state index in [1.165, 1.54) is 24.0 Å². The summed E-state index contributed by atoms with van der Waals surface area (Å²) in [5.74, 6) is 0.604. The van der Waals surface area contributed by atoms with Crippen molar-refractivity contribution < 1.29 is 4.79 Å². The molecular weight excluding hydrogens is 274 g/mol. The standard InChI is InChI=1S/C18H21N3O/c22-18(13-20-16-8-9-16)21-17-12-15(10-11-19-17)7-6-14-4-2-1-3-5-14/h1-5,10-12,16,20H,6-9,13H2,(H,19,21,22). The van der Waals surface area contributed by atoms with E-state index in [1.54, 1.807) is 6.20 Å². The predicted molar refractivity (Wildman–Crippen MR) is 87.7 cm³/mol. The Hall–Kier alpha value is -2.20. The lowest BCUT2D eigenvalue weighted by Gasteiger charge is -2.07. The lowest BCUT2D eigenvalue weighted by atomic mass is 10.1. The molecule has 1 saturated carbocycles. The number of nitrogens with zero attached hydrogens (tertiary/aromatic N) is 1. The second-order valence-corrected chi connectivity index (χ2v) is 5.74. The molecule has 22 heavy (non-hydrogen) atoms. The number of anilines is 1. The van der Waals surface area contributed by atoms with E-state index in [0.717, 1.165) is 12.8 Å². The number of hydrogen-bond donors (Lipinski definition) is 2. The van der Waals surface area contributed by atoms with Crippen molar-refractivity contribution in [3.63, 3.8) is 0 Å². The van der Waals surface area contributed by atoms with Crippen molar-refractivity contribution in [2.75, 3.05) is 11.9 Å². The summed E-state index contributed by atoms with van der Waals surface area (Å²) < 4.78 is 0. The van der Waals surface area contributed by atoms with Crippen molar-refractivity contribution in [1.29, 1.82) is 0 Å². The number of pyridine rings is 1. The Labute approximate surface area is 131 Å². The first kappa shape index (κ1) is 14.7. The fourth-order valence-corrected chi connectivity index (χ4v) is 2.34. The van der Waals surface area contributed by atoms with Crippen LogP contribution in [0.15, 0.2) is 48.7 Å². The third-order valence-corrected chi connectivity index (χ3v) is 3.77. The van der Waals surface area contributed by atoms with Gasteiger partial charge in [0.05, 0.1) is 6.54 Å². The fraction of sp³-hybridized carbons (Fsp3) is 0.333. The van der Waals surface area contributed by atoms with Crippen LogP contribution in [0, 0.1) is 0 Å². The molecule has 2 aromatic rings. The number of carbonyl (C=O) groups excluding carboxylic acids is 1. The van der Waals surface area contributed by atoms with Gasteiger partial charge in [0.15, 0.2) is 0 Å². The van der Waals surface area contributed by atoms with Crippen LogP contribution >= 0.6 is 0 Å². The predicted octanol–water partition coefficient (Wildman–Crippen LogP) is 2.56. The summed E-state index contributed by atoms with van der Waals surface area (Å²) in [4.78, 5) is 16.0. The fourth-order valence-electron chi connectivity index (χ4n) is 2.34. The molecule has 1 amide bonds. The number of aromatic nitrogens is 1. The molecule has 0 bridgehead atoms. The first-order valence-electron chi connectivity index (χ1n) is 7.82. The monoisotopic (exact) mass is 295 g/mol. The summed E-state index contributed by atoms with van der Waals surface area (Å²) in [6.45, 7) is 0.362. The average molecular weight is 295 g/mol. The van der Waals surface area contributed by atoms with E-state index in [2.05, 4.69) is 39.9 Å². The molecule has 1 heterocycles. The second kappa shape index (κ2) is 7.18. The van der Waals surface area contributed by atoms with Crippen LogP contribution in [0.3, 0.4) is 0 Å². The summed E-state index contributed by atoms with van der Waals surface area (Å²) >= 11 is 0. The van der Waals surface area contributed by atoms with E-state index < -0.39 is 0 Å². The molecule has 1 aromatic carbocycles. The SMILES string of the molecule is O=C(CNC1CC1)Nc1cc(CCc2ccccc2)ccn1. The number of aryl methyl sites for hydroxylation is 2. The van der Waals surface area contributed by atoms with Crippen LogP contribution in [-0.4, -0.2) is 23.5 Å². The van der Waals surface area contributed by atoms with Gasteiger partial charge in [0.1, 0.15) is 5.82 Å². The van der Waals surface area contributed by atoms with Gasteiger partial charge in [-0.3, -0.25) is 4.79 Å². The van der Waals surface area contributed by atoms with Gasteiger partial charge in [-0.15, -0.1) is 0 Å². The quantitative estimate of drug-likeness (QED) is 0.825. The van der Waals surface area contributed by atoms with Crippen LogP contribution in [0.4, 0.5) is 5.82 Å². The molecule has 4 heteroatoms. The minimum atomic E-state index is -0.0281. The molecule has 3 rings (SSSR count). The zero-order valence-electron chi connectivity index (χ0n) is 12.6. The molecule has 1 aromatic heterocycles. The maximum Gasteiger partial charge on any atom is 0.239 e. The molecular formula is C18H21N3O. The van der Waals surface area contributed by atoms with Gasteiger partial charge in [-0.05, 0) is 48.9 Å². The van der Waals surface area contributed by atoms with E-state index in [9.17, 15) is 4.79 Å². The van der Waals surface area contributed by atoms with Crippen LogP contribution < -0.4 is 10.6 Å². The molecule has 1 aliphatic rings. The van der Waals surface area contributed by atoms with Crippen LogP contribution in [0.1, 0.15) is 24.0 Å². The maximum atomic E-state index is 11.8. The third-order valence-electron chi connectivity index (χ3n) is 3.77. The van der Waals surface area contributed by atoms with E-state index in [0.29, 0.717) is 18.4 Å². The van der Waals surface area contributed by atoms with Gasteiger partial charge in [-0.1, -0.05) is 30.3 Å². The lowest BCUT2D eigenvalue weighted by molar-refractivity contribution is -0.115. The summed E-state index contributed by atoms with van der Waals surface area (Å²) in [6, 6.07) is 14.9. The summed E-state index contributed by atoms with van der Waals surface area (Å²) in [5, 5.41) is 6.05. The number of hydrogen-bond acceptors (Lipinski definition) is 3. The Morgan fingerprint density at radius 3 is 2.64 bits per heavy atom. The summed E-state index contributed by atoms with van der Waals surface area (Å²) in [6.07, 6.45) is 6.04. The molecule has 0 saturated heterocycles. The van der Waals surface area contributed by atoms with Gasteiger partial charge in [0, 0.05) is 12.2 Å². The highest BCUT2D eigenvalue weighted by molar-refractivity contribution is 5.91. The van der Waals surface area contributed by atoms with Crippen molar-refractivity contribution in [3.8, 4) is 0 Å². The number of rotatable bonds is 7. The van der Waals surface area contributed by atoms with E-state index >= 15 is 0 Å². The van der Waals surface area contributed by atoms with Crippen molar-refractivity contribution in [3.05, 3.63) is 59.8 Å². The first-order chi connectivity index (χ1) is 10.8. The lowest BCUT2D eigenvalue weighted by Crippen LogP contribution is -2.29. The van der Waals surface area contributed by atoms with Crippen LogP contribution in [-0.2, 0) is 17.6 Å². The minimum absolute atomic E-state index is 0.0281. The van der Waals surface area contributed by atoms with Gasteiger partial charge in [0.25, 0.3) is 0 Å². The molecule has 114 valence electrons. The Kier molecular flexibility index (Phi) is 4.81. The highest BCUT2D eigenvalue weighted by Gasteiger charge is 2.21. The smallest absolute Gasteiger partial charge is 0.239 e. The Morgan fingerprint density at radius 1 is 1.09 bits per heavy atom. The summed E-state index contributed by atoms with van der Waals surface area (Å²) in [7, 11) is 0. The van der Waals surface area contributed by atoms with Crippen molar-refractivity contribution >= 4 is 11.7 Å². The number of carbonyl (C=O) groups is 1.